The molecule has 1 aliphatic carbocycles. The molecule has 3 nitrogen and oxygen atoms in total. The summed E-state index contributed by atoms with van der Waals surface area (Å²) in [6, 6.07) is 8.73. The highest BCUT2D eigenvalue weighted by atomic mass is 79.9. The van der Waals surface area contributed by atoms with Gasteiger partial charge >= 0.3 is 0 Å². The number of rotatable bonds is 2. The van der Waals surface area contributed by atoms with Crippen LogP contribution >= 0.6 is 15.9 Å². The van der Waals surface area contributed by atoms with E-state index in [0.29, 0.717) is 0 Å². The smallest absolute Gasteiger partial charge is 0.168 e. The molecule has 20 heavy (non-hydrogen) atoms. The third-order valence-corrected chi connectivity index (χ3v) is 5.42. The van der Waals surface area contributed by atoms with Gasteiger partial charge in [-0.25, -0.2) is 0 Å². The van der Waals surface area contributed by atoms with Crippen LogP contribution in [0.5, 0.6) is 0 Å². The zero-order valence-electron chi connectivity index (χ0n) is 12.2. The summed E-state index contributed by atoms with van der Waals surface area (Å²) in [6.45, 7) is 1.49. The van der Waals surface area contributed by atoms with Crippen LogP contribution in [-0.4, -0.2) is 38.0 Å². The maximum Gasteiger partial charge on any atom is 0.168 e. The molecule has 0 bridgehead atoms. The fourth-order valence-electron chi connectivity index (χ4n) is 3.58. The van der Waals surface area contributed by atoms with Crippen LogP contribution in [0.4, 0.5) is 0 Å². The minimum atomic E-state index is -0.297. The molecule has 110 valence electrons. The molecule has 0 N–H and O–H groups in total. The minimum Gasteiger partial charge on any atom is -0.348 e. The van der Waals surface area contributed by atoms with E-state index in [0.717, 1.165) is 43.4 Å². The van der Waals surface area contributed by atoms with E-state index in [2.05, 4.69) is 59.2 Å². The second-order valence-corrected chi connectivity index (χ2v) is 6.96. The standard InChI is InChI=1S/C16H22BrNO2/c1-18(2)15(13-3-5-14(17)6-4-13)7-9-16(10-8-15)19-11-12-20-16/h3-6H,7-12H2,1-2H3. The molecule has 0 atom stereocenters. The van der Waals surface area contributed by atoms with Gasteiger partial charge in [-0.1, -0.05) is 28.1 Å². The van der Waals surface area contributed by atoms with Crippen molar-refractivity contribution in [1.29, 1.82) is 0 Å². The number of nitrogens with zero attached hydrogens (tertiary/aromatic N) is 1. The Hall–Kier alpha value is -0.420. The van der Waals surface area contributed by atoms with E-state index in [-0.39, 0.29) is 11.3 Å². The second-order valence-electron chi connectivity index (χ2n) is 6.04. The van der Waals surface area contributed by atoms with Crippen molar-refractivity contribution in [3.63, 3.8) is 0 Å². The van der Waals surface area contributed by atoms with Gasteiger partial charge in [0.1, 0.15) is 0 Å². The number of halogens is 1. The van der Waals surface area contributed by atoms with E-state index >= 15 is 0 Å². The van der Waals surface area contributed by atoms with Crippen molar-refractivity contribution in [3.8, 4) is 0 Å². The quantitative estimate of drug-likeness (QED) is 0.822. The molecule has 1 saturated carbocycles. The van der Waals surface area contributed by atoms with Gasteiger partial charge in [0.2, 0.25) is 0 Å². The molecule has 1 aromatic carbocycles. The topological polar surface area (TPSA) is 21.7 Å². The normalized spacial score (nSPS) is 24.4. The summed E-state index contributed by atoms with van der Waals surface area (Å²) in [7, 11) is 4.35. The molecule has 0 radical (unpaired) electrons. The fourth-order valence-corrected chi connectivity index (χ4v) is 3.85. The van der Waals surface area contributed by atoms with Crippen molar-refractivity contribution in [1.82, 2.24) is 4.90 Å². The van der Waals surface area contributed by atoms with E-state index in [4.69, 9.17) is 9.47 Å². The fraction of sp³-hybridized carbons (Fsp3) is 0.625. The summed E-state index contributed by atoms with van der Waals surface area (Å²) in [5.74, 6) is -0.297. The van der Waals surface area contributed by atoms with E-state index in [1.807, 2.05) is 0 Å². The first kappa shape index (κ1) is 14.5. The van der Waals surface area contributed by atoms with E-state index in [1.165, 1.54) is 5.56 Å². The van der Waals surface area contributed by atoms with Crippen molar-refractivity contribution in [3.05, 3.63) is 34.3 Å². The SMILES string of the molecule is CN(C)C1(c2ccc(Br)cc2)CCC2(CC1)OCCO2. The number of hydrogen-bond acceptors (Lipinski definition) is 3. The summed E-state index contributed by atoms with van der Waals surface area (Å²) < 4.78 is 12.9. The summed E-state index contributed by atoms with van der Waals surface area (Å²) >= 11 is 3.52. The summed E-state index contributed by atoms with van der Waals surface area (Å²) in [4.78, 5) is 2.36. The molecular weight excluding hydrogens is 318 g/mol. The Morgan fingerprint density at radius 2 is 1.50 bits per heavy atom. The zero-order chi connectivity index (χ0) is 14.2. The molecule has 0 unspecified atom stereocenters. The first-order valence-corrected chi connectivity index (χ1v) is 8.07. The highest BCUT2D eigenvalue weighted by Gasteiger charge is 2.47. The molecule has 3 rings (SSSR count). The van der Waals surface area contributed by atoms with Crippen LogP contribution in [0.15, 0.2) is 28.7 Å². The molecule has 1 aromatic rings. The predicted molar refractivity (Wildman–Crippen MR) is 82.6 cm³/mol. The zero-order valence-corrected chi connectivity index (χ0v) is 13.8. The molecule has 2 fully saturated rings. The Balaban J connectivity index is 1.85. The van der Waals surface area contributed by atoms with Crippen LogP contribution in [0.25, 0.3) is 0 Å². The van der Waals surface area contributed by atoms with Gasteiger partial charge in [-0.05, 0) is 44.6 Å². The van der Waals surface area contributed by atoms with Crippen molar-refractivity contribution in [2.45, 2.75) is 37.0 Å². The molecule has 1 saturated heterocycles. The van der Waals surface area contributed by atoms with Gasteiger partial charge < -0.3 is 9.47 Å². The lowest BCUT2D eigenvalue weighted by atomic mass is 9.73. The Kier molecular flexibility index (Phi) is 3.93. The van der Waals surface area contributed by atoms with Gasteiger partial charge in [0.15, 0.2) is 5.79 Å². The molecular formula is C16H22BrNO2. The van der Waals surface area contributed by atoms with E-state index < -0.39 is 0 Å². The molecule has 0 amide bonds. The molecule has 4 heteroatoms. The van der Waals surface area contributed by atoms with Crippen LogP contribution in [0.3, 0.4) is 0 Å². The van der Waals surface area contributed by atoms with Crippen LogP contribution < -0.4 is 0 Å². The van der Waals surface area contributed by atoms with Gasteiger partial charge in [-0.3, -0.25) is 4.90 Å². The lowest BCUT2D eigenvalue weighted by Gasteiger charge is -2.48. The van der Waals surface area contributed by atoms with Crippen LogP contribution in [0.1, 0.15) is 31.2 Å². The van der Waals surface area contributed by atoms with Crippen LogP contribution in [-0.2, 0) is 15.0 Å². The number of ether oxygens (including phenoxy) is 2. The Morgan fingerprint density at radius 1 is 0.950 bits per heavy atom. The Labute approximate surface area is 129 Å². The Bertz CT molecular complexity index is 456. The Morgan fingerprint density at radius 3 is 2.00 bits per heavy atom. The lowest BCUT2D eigenvalue weighted by Crippen LogP contribution is -2.49. The van der Waals surface area contributed by atoms with Crippen molar-refractivity contribution in [2.75, 3.05) is 27.3 Å². The summed E-state index contributed by atoms with van der Waals surface area (Å²) in [5.41, 5.74) is 1.49. The average Bonchev–Trinajstić information content (AvgIpc) is 2.89. The largest absolute Gasteiger partial charge is 0.348 e. The maximum atomic E-state index is 5.86. The van der Waals surface area contributed by atoms with Crippen molar-refractivity contribution in [2.24, 2.45) is 0 Å². The van der Waals surface area contributed by atoms with Gasteiger partial charge in [-0.2, -0.15) is 0 Å². The third kappa shape index (κ3) is 2.43. The van der Waals surface area contributed by atoms with E-state index in [9.17, 15) is 0 Å². The molecule has 1 aliphatic heterocycles. The molecule has 2 aliphatic rings. The lowest BCUT2D eigenvalue weighted by molar-refractivity contribution is -0.193. The van der Waals surface area contributed by atoms with Crippen LogP contribution in [0.2, 0.25) is 0 Å². The maximum absolute atomic E-state index is 5.86. The number of benzene rings is 1. The van der Waals surface area contributed by atoms with Crippen molar-refractivity contribution >= 4 is 15.9 Å². The van der Waals surface area contributed by atoms with Crippen LogP contribution in [0, 0.1) is 0 Å². The molecule has 0 aromatic heterocycles. The van der Waals surface area contributed by atoms with Crippen molar-refractivity contribution < 1.29 is 9.47 Å². The van der Waals surface area contributed by atoms with Gasteiger partial charge in [-0.15, -0.1) is 0 Å². The predicted octanol–water partition coefficient (Wildman–Crippen LogP) is 3.52. The first-order chi connectivity index (χ1) is 9.56. The summed E-state index contributed by atoms with van der Waals surface area (Å²) in [6.07, 6.45) is 4.09. The van der Waals surface area contributed by atoms with Gasteiger partial charge in [0.05, 0.1) is 13.2 Å². The molecule has 1 spiro atoms. The second kappa shape index (κ2) is 5.41. The summed E-state index contributed by atoms with van der Waals surface area (Å²) in [5, 5.41) is 0. The first-order valence-electron chi connectivity index (χ1n) is 7.28. The third-order valence-electron chi connectivity index (χ3n) is 4.89. The van der Waals surface area contributed by atoms with Gasteiger partial charge in [0.25, 0.3) is 0 Å². The highest BCUT2D eigenvalue weighted by Crippen LogP contribution is 2.47. The van der Waals surface area contributed by atoms with Gasteiger partial charge in [0, 0.05) is 22.9 Å². The average molecular weight is 340 g/mol. The highest BCUT2D eigenvalue weighted by molar-refractivity contribution is 9.10. The molecule has 1 heterocycles. The van der Waals surface area contributed by atoms with E-state index in [1.54, 1.807) is 0 Å². The monoisotopic (exact) mass is 339 g/mol. The number of hydrogen-bond donors (Lipinski definition) is 0. The minimum absolute atomic E-state index is 0.0985.